The average molecular weight is 393 g/mol. The molecule has 150 valence electrons. The molecule has 4 rings (SSSR count). The summed E-state index contributed by atoms with van der Waals surface area (Å²) in [5.74, 6) is -0.271. The molecule has 0 fully saturated rings. The van der Waals surface area contributed by atoms with Gasteiger partial charge < -0.3 is 15.2 Å². The molecule has 2 aromatic carbocycles. The molecule has 0 aliphatic heterocycles. The Labute approximate surface area is 168 Å². The first-order valence-corrected chi connectivity index (χ1v) is 9.85. The smallest absolute Gasteiger partial charge is 0.254 e. The molecule has 2 amide bonds. The fraction of sp³-hybridized carbons (Fsp3) is 0.304. The molecule has 1 heterocycles. The fourth-order valence-corrected chi connectivity index (χ4v) is 3.97. The van der Waals surface area contributed by atoms with Crippen LogP contribution in [0.1, 0.15) is 35.0 Å². The highest BCUT2D eigenvalue weighted by Crippen LogP contribution is 2.32. The van der Waals surface area contributed by atoms with E-state index in [0.717, 1.165) is 23.7 Å². The lowest BCUT2D eigenvalue weighted by Gasteiger charge is -2.19. The summed E-state index contributed by atoms with van der Waals surface area (Å²) in [7, 11) is 1.60. The molecular formula is C23H24FN3O2. The first-order valence-electron chi connectivity index (χ1n) is 9.85. The molecule has 0 unspecified atom stereocenters. The zero-order valence-corrected chi connectivity index (χ0v) is 16.6. The molecule has 3 aromatic rings. The molecule has 1 aromatic heterocycles. The minimum absolute atomic E-state index is 0.0868. The zero-order chi connectivity index (χ0) is 20.5. The molecule has 0 radical (unpaired) electrons. The number of nitrogens with zero attached hydrogens (tertiary/aromatic N) is 1. The Morgan fingerprint density at radius 2 is 1.97 bits per heavy atom. The number of carbonyl (C=O) groups excluding carboxylic acids is 2. The number of H-pyrrole nitrogens is 1. The number of anilines is 1. The number of rotatable bonds is 4. The maximum absolute atomic E-state index is 13.0. The van der Waals surface area contributed by atoms with Crippen molar-refractivity contribution in [3.8, 4) is 0 Å². The van der Waals surface area contributed by atoms with Crippen LogP contribution >= 0.6 is 0 Å². The molecule has 0 bridgehead atoms. The van der Waals surface area contributed by atoms with E-state index < -0.39 is 0 Å². The molecule has 1 atom stereocenters. The van der Waals surface area contributed by atoms with Crippen molar-refractivity contribution in [2.45, 2.75) is 26.2 Å². The highest BCUT2D eigenvalue weighted by atomic mass is 19.1. The standard InChI is InChI=1S/C23H24FN3O2/c1-14-3-9-20-18(11-14)19-12-15(4-10-21(19)26-20)23(29)27(2)13-22(28)25-17-7-5-16(24)6-8-17/h4-8,10,12,14,26H,3,9,11,13H2,1-2H3,(H,25,28)/t14-/m0/s1. The van der Waals surface area contributed by atoms with Crippen molar-refractivity contribution in [3.05, 3.63) is 65.1 Å². The van der Waals surface area contributed by atoms with Crippen molar-refractivity contribution in [3.63, 3.8) is 0 Å². The van der Waals surface area contributed by atoms with Crippen molar-refractivity contribution >= 4 is 28.4 Å². The largest absolute Gasteiger partial charge is 0.358 e. The number of amides is 2. The lowest BCUT2D eigenvalue weighted by molar-refractivity contribution is -0.116. The minimum atomic E-state index is -0.368. The van der Waals surface area contributed by atoms with E-state index in [0.29, 0.717) is 17.2 Å². The van der Waals surface area contributed by atoms with E-state index in [1.807, 2.05) is 12.1 Å². The third kappa shape index (κ3) is 4.01. The number of aryl methyl sites for hydroxylation is 1. The molecule has 0 saturated carbocycles. The lowest BCUT2D eigenvalue weighted by Crippen LogP contribution is -2.34. The number of benzene rings is 2. The summed E-state index contributed by atoms with van der Waals surface area (Å²) in [6.07, 6.45) is 3.23. The van der Waals surface area contributed by atoms with Crippen molar-refractivity contribution in [1.82, 2.24) is 9.88 Å². The Bertz CT molecular complexity index is 1070. The Kier molecular flexibility index (Phi) is 5.09. The second-order valence-electron chi connectivity index (χ2n) is 7.91. The van der Waals surface area contributed by atoms with Gasteiger partial charge in [-0.1, -0.05) is 6.92 Å². The molecule has 1 aliphatic rings. The Morgan fingerprint density at radius 1 is 1.21 bits per heavy atom. The number of aromatic nitrogens is 1. The Morgan fingerprint density at radius 3 is 2.72 bits per heavy atom. The fourth-order valence-electron chi connectivity index (χ4n) is 3.97. The predicted molar refractivity (Wildman–Crippen MR) is 111 cm³/mol. The van der Waals surface area contributed by atoms with Crippen LogP contribution in [0.4, 0.5) is 10.1 Å². The summed E-state index contributed by atoms with van der Waals surface area (Å²) < 4.78 is 13.0. The number of aromatic amines is 1. The summed E-state index contributed by atoms with van der Waals surface area (Å²) in [6, 6.07) is 11.2. The van der Waals surface area contributed by atoms with Gasteiger partial charge in [-0.25, -0.2) is 4.39 Å². The van der Waals surface area contributed by atoms with E-state index in [1.54, 1.807) is 13.1 Å². The van der Waals surface area contributed by atoms with Gasteiger partial charge in [-0.2, -0.15) is 0 Å². The number of nitrogens with one attached hydrogen (secondary N) is 2. The summed E-state index contributed by atoms with van der Waals surface area (Å²) in [4.78, 5) is 30.0. The monoisotopic (exact) mass is 393 g/mol. The van der Waals surface area contributed by atoms with Crippen LogP contribution in [-0.4, -0.2) is 35.3 Å². The second kappa shape index (κ2) is 7.70. The predicted octanol–water partition coefficient (Wildman–Crippen LogP) is 4.14. The zero-order valence-electron chi connectivity index (χ0n) is 16.6. The van der Waals surface area contributed by atoms with E-state index in [1.165, 1.54) is 46.8 Å². The average Bonchev–Trinajstić information content (AvgIpc) is 3.06. The van der Waals surface area contributed by atoms with Gasteiger partial charge in [0.25, 0.3) is 5.91 Å². The van der Waals surface area contributed by atoms with E-state index in [-0.39, 0.29) is 24.2 Å². The number of halogens is 1. The van der Waals surface area contributed by atoms with Crippen LogP contribution in [0, 0.1) is 11.7 Å². The molecule has 5 nitrogen and oxygen atoms in total. The van der Waals surface area contributed by atoms with Crippen molar-refractivity contribution in [1.29, 1.82) is 0 Å². The normalized spacial score (nSPS) is 15.8. The van der Waals surface area contributed by atoms with Crippen LogP contribution < -0.4 is 5.32 Å². The molecule has 6 heteroatoms. The number of fused-ring (bicyclic) bond motifs is 3. The number of hydrogen-bond acceptors (Lipinski definition) is 2. The number of hydrogen-bond donors (Lipinski definition) is 2. The SMILES string of the molecule is C[C@H]1CCc2[nH]c3ccc(C(=O)N(C)CC(=O)Nc4ccc(F)cc4)cc3c2C1. The number of likely N-dealkylation sites (N-methyl/N-ethyl adjacent to an activating group) is 1. The molecule has 2 N–H and O–H groups in total. The van der Waals surface area contributed by atoms with E-state index >= 15 is 0 Å². The third-order valence-corrected chi connectivity index (χ3v) is 5.54. The van der Waals surface area contributed by atoms with Gasteiger partial charge in [0.05, 0.1) is 6.54 Å². The molecule has 0 spiro atoms. The Balaban J connectivity index is 1.48. The van der Waals surface area contributed by atoms with Crippen LogP contribution in [0.5, 0.6) is 0 Å². The maximum atomic E-state index is 13.0. The number of carbonyl (C=O) groups is 2. The Hall–Kier alpha value is -3.15. The first kappa shape index (κ1) is 19.2. The molecule has 29 heavy (non-hydrogen) atoms. The van der Waals surface area contributed by atoms with Gasteiger partial charge in [0.2, 0.25) is 5.91 Å². The van der Waals surface area contributed by atoms with E-state index in [4.69, 9.17) is 0 Å². The summed E-state index contributed by atoms with van der Waals surface area (Å²) >= 11 is 0. The third-order valence-electron chi connectivity index (χ3n) is 5.54. The minimum Gasteiger partial charge on any atom is -0.358 e. The van der Waals surface area contributed by atoms with Crippen LogP contribution in [0.25, 0.3) is 10.9 Å². The van der Waals surface area contributed by atoms with Gasteiger partial charge in [-0.15, -0.1) is 0 Å². The van der Waals surface area contributed by atoms with Gasteiger partial charge in [-0.05, 0) is 73.2 Å². The topological polar surface area (TPSA) is 65.2 Å². The maximum Gasteiger partial charge on any atom is 0.254 e. The van der Waals surface area contributed by atoms with Crippen LogP contribution in [-0.2, 0) is 17.6 Å². The summed E-state index contributed by atoms with van der Waals surface area (Å²) in [6.45, 7) is 2.17. The highest BCUT2D eigenvalue weighted by Gasteiger charge is 2.21. The van der Waals surface area contributed by atoms with Crippen molar-refractivity contribution in [2.24, 2.45) is 5.92 Å². The van der Waals surface area contributed by atoms with Crippen LogP contribution in [0.15, 0.2) is 42.5 Å². The quantitative estimate of drug-likeness (QED) is 0.700. The molecular weight excluding hydrogens is 369 g/mol. The van der Waals surface area contributed by atoms with Crippen molar-refractivity contribution < 1.29 is 14.0 Å². The van der Waals surface area contributed by atoms with Gasteiger partial charge in [0, 0.05) is 34.9 Å². The van der Waals surface area contributed by atoms with Gasteiger partial charge in [-0.3, -0.25) is 9.59 Å². The highest BCUT2D eigenvalue weighted by molar-refractivity contribution is 6.01. The van der Waals surface area contributed by atoms with Gasteiger partial charge in [0.1, 0.15) is 5.82 Å². The van der Waals surface area contributed by atoms with Crippen molar-refractivity contribution in [2.75, 3.05) is 18.9 Å². The van der Waals surface area contributed by atoms with E-state index in [9.17, 15) is 14.0 Å². The van der Waals surface area contributed by atoms with Crippen LogP contribution in [0.3, 0.4) is 0 Å². The van der Waals surface area contributed by atoms with Crippen LogP contribution in [0.2, 0.25) is 0 Å². The first-order chi connectivity index (χ1) is 13.9. The van der Waals surface area contributed by atoms with E-state index in [2.05, 4.69) is 17.2 Å². The van der Waals surface area contributed by atoms with Gasteiger partial charge >= 0.3 is 0 Å². The summed E-state index contributed by atoms with van der Waals surface area (Å²) in [5, 5.41) is 3.77. The second-order valence-corrected chi connectivity index (χ2v) is 7.91. The molecule has 0 saturated heterocycles. The molecule has 1 aliphatic carbocycles. The summed E-state index contributed by atoms with van der Waals surface area (Å²) in [5.41, 5.74) is 4.69. The van der Waals surface area contributed by atoms with Gasteiger partial charge in [0.15, 0.2) is 0 Å². The lowest BCUT2D eigenvalue weighted by atomic mass is 9.87.